The van der Waals surface area contributed by atoms with Gasteiger partial charge in [0.2, 0.25) is 0 Å². The van der Waals surface area contributed by atoms with Gasteiger partial charge < -0.3 is 0 Å². The van der Waals surface area contributed by atoms with E-state index in [0.717, 1.165) is 37.1 Å². The van der Waals surface area contributed by atoms with Gasteiger partial charge in [0.25, 0.3) is 20.0 Å². The number of hydrogen-bond acceptors (Lipinski definition) is 6. The van der Waals surface area contributed by atoms with Gasteiger partial charge in [0, 0.05) is 22.7 Å². The van der Waals surface area contributed by atoms with E-state index in [1.54, 1.807) is 0 Å². The van der Waals surface area contributed by atoms with Crippen LogP contribution < -0.4 is 0 Å². The molecule has 0 aromatic rings. The maximum absolute atomic E-state index is 12.3. The minimum Gasteiger partial charge on any atom is -0.264 e. The third kappa shape index (κ3) is 2.16. The standard InChI is InChI=1S/C21H28N4O4S2/c1-18(2)12-5-7-20(18)9-30(26,27)24-16(20)14(12)22-11-23-15-13-6-8-21(19(13,3)4)10-31(28,29)25-17(15)21/h12-13H,5-11H2,1-4H3/b22-14-,23-15+. The lowest BCUT2D eigenvalue weighted by Crippen LogP contribution is -2.38. The molecule has 6 aliphatic rings. The summed E-state index contributed by atoms with van der Waals surface area (Å²) in [5.41, 5.74) is 1.65. The second-order valence-electron chi connectivity index (χ2n) is 11.4. The Kier molecular flexibility index (Phi) is 3.51. The van der Waals surface area contributed by atoms with Crippen molar-refractivity contribution in [1.82, 2.24) is 0 Å². The number of fused-ring (bicyclic) bond motifs is 2. The molecule has 4 saturated carbocycles. The molecule has 0 aromatic carbocycles. The van der Waals surface area contributed by atoms with Crippen molar-refractivity contribution in [2.45, 2.75) is 53.4 Å². The molecule has 0 radical (unpaired) electrons. The van der Waals surface area contributed by atoms with Crippen LogP contribution in [0.25, 0.3) is 0 Å². The van der Waals surface area contributed by atoms with Gasteiger partial charge in [0.05, 0.1) is 34.4 Å². The van der Waals surface area contributed by atoms with Gasteiger partial charge in [-0.05, 0) is 36.5 Å². The largest absolute Gasteiger partial charge is 0.264 e. The molecule has 8 nitrogen and oxygen atoms in total. The molecule has 2 aliphatic heterocycles. The number of hydrogen-bond donors (Lipinski definition) is 0. The lowest BCUT2D eigenvalue weighted by molar-refractivity contribution is 0.213. The monoisotopic (exact) mass is 464 g/mol. The average molecular weight is 465 g/mol. The van der Waals surface area contributed by atoms with Gasteiger partial charge >= 0.3 is 0 Å². The summed E-state index contributed by atoms with van der Waals surface area (Å²) in [6.45, 7) is 8.70. The second kappa shape index (κ2) is 5.38. The van der Waals surface area contributed by atoms with Crippen LogP contribution in [0.15, 0.2) is 18.8 Å². The van der Waals surface area contributed by atoms with Crippen molar-refractivity contribution in [2.75, 3.05) is 18.2 Å². The van der Waals surface area contributed by atoms with Crippen LogP contribution >= 0.6 is 0 Å². The van der Waals surface area contributed by atoms with Crippen LogP contribution in [0.1, 0.15) is 53.4 Å². The quantitative estimate of drug-likeness (QED) is 0.623. The molecule has 4 unspecified atom stereocenters. The Morgan fingerprint density at radius 1 is 0.774 bits per heavy atom. The normalized spacial score (nSPS) is 46.5. The fourth-order valence-corrected chi connectivity index (χ4v) is 11.7. The van der Waals surface area contributed by atoms with Crippen molar-refractivity contribution in [2.24, 2.45) is 52.3 Å². The van der Waals surface area contributed by atoms with E-state index in [1.165, 1.54) is 0 Å². The van der Waals surface area contributed by atoms with Crippen LogP contribution in [0, 0.1) is 33.5 Å². The first-order chi connectivity index (χ1) is 14.3. The van der Waals surface area contributed by atoms with E-state index < -0.39 is 30.9 Å². The predicted octanol–water partition coefficient (Wildman–Crippen LogP) is 2.27. The number of sulfonamides is 2. The minimum atomic E-state index is -3.46. The molecule has 2 heterocycles. The van der Waals surface area contributed by atoms with Gasteiger partial charge in [-0.1, -0.05) is 27.7 Å². The second-order valence-corrected chi connectivity index (χ2v) is 14.6. The lowest BCUT2D eigenvalue weighted by atomic mass is 9.70. The number of rotatable bonds is 2. The molecule has 0 N–H and O–H groups in total. The highest BCUT2D eigenvalue weighted by Gasteiger charge is 2.71. The molecule has 31 heavy (non-hydrogen) atoms. The molecule has 4 bridgehead atoms. The molecular formula is C21H28N4O4S2. The van der Waals surface area contributed by atoms with Gasteiger partial charge in [0.15, 0.2) is 0 Å². The smallest absolute Gasteiger partial charge is 0.254 e. The Morgan fingerprint density at radius 2 is 1.16 bits per heavy atom. The molecule has 0 amide bonds. The van der Waals surface area contributed by atoms with E-state index in [2.05, 4.69) is 36.5 Å². The van der Waals surface area contributed by atoms with Crippen molar-refractivity contribution >= 4 is 42.9 Å². The fraction of sp³-hybridized carbons (Fsp3) is 0.810. The number of nitrogens with zero attached hydrogens (tertiary/aromatic N) is 4. The van der Waals surface area contributed by atoms with E-state index in [9.17, 15) is 16.8 Å². The van der Waals surface area contributed by atoms with Gasteiger partial charge in [-0.15, -0.1) is 0 Å². The molecule has 168 valence electrons. The summed E-state index contributed by atoms with van der Waals surface area (Å²) in [5, 5.41) is 0. The Morgan fingerprint density at radius 3 is 1.55 bits per heavy atom. The molecule has 0 aromatic heterocycles. The van der Waals surface area contributed by atoms with Gasteiger partial charge in [-0.25, -0.2) is 16.8 Å². The molecule has 4 atom stereocenters. The van der Waals surface area contributed by atoms with E-state index in [1.807, 2.05) is 0 Å². The molecule has 2 spiro atoms. The summed E-state index contributed by atoms with van der Waals surface area (Å²) in [4.78, 5) is 9.55. The molecule has 4 aliphatic carbocycles. The zero-order valence-electron chi connectivity index (χ0n) is 18.3. The van der Waals surface area contributed by atoms with Crippen LogP contribution in [0.5, 0.6) is 0 Å². The summed E-state index contributed by atoms with van der Waals surface area (Å²) < 4.78 is 57.6. The maximum Gasteiger partial charge on any atom is 0.254 e. The van der Waals surface area contributed by atoms with E-state index in [0.29, 0.717) is 11.4 Å². The zero-order valence-corrected chi connectivity index (χ0v) is 20.0. The maximum atomic E-state index is 12.3. The van der Waals surface area contributed by atoms with Gasteiger partial charge in [0.1, 0.15) is 6.67 Å². The average Bonchev–Trinajstić information content (AvgIpc) is 3.32. The van der Waals surface area contributed by atoms with Crippen molar-refractivity contribution in [3.8, 4) is 0 Å². The van der Waals surface area contributed by atoms with Crippen molar-refractivity contribution in [1.29, 1.82) is 0 Å². The van der Waals surface area contributed by atoms with Crippen LogP contribution in [-0.4, -0.2) is 57.9 Å². The highest BCUT2D eigenvalue weighted by atomic mass is 32.2. The Bertz CT molecular complexity index is 1170. The highest BCUT2D eigenvalue weighted by molar-refractivity contribution is 7.91. The summed E-state index contributed by atoms with van der Waals surface area (Å²) in [6, 6.07) is 0. The topological polar surface area (TPSA) is 118 Å². The van der Waals surface area contributed by atoms with E-state index >= 15 is 0 Å². The summed E-state index contributed by atoms with van der Waals surface area (Å²) in [5.74, 6) is 0.544. The van der Waals surface area contributed by atoms with Crippen LogP contribution in [0.3, 0.4) is 0 Å². The molecule has 0 saturated heterocycles. The highest BCUT2D eigenvalue weighted by Crippen LogP contribution is 2.66. The number of aliphatic imine (C=N–C) groups is 2. The molecular weight excluding hydrogens is 436 g/mol. The molecule has 6 rings (SSSR count). The van der Waals surface area contributed by atoms with E-state index in [-0.39, 0.29) is 40.8 Å². The Hall–Kier alpha value is -1.42. The first-order valence-electron chi connectivity index (χ1n) is 11.0. The van der Waals surface area contributed by atoms with Crippen molar-refractivity contribution < 1.29 is 16.8 Å². The first kappa shape index (κ1) is 20.2. The third-order valence-electron chi connectivity index (χ3n) is 9.78. The van der Waals surface area contributed by atoms with Crippen molar-refractivity contribution in [3.63, 3.8) is 0 Å². The first-order valence-corrected chi connectivity index (χ1v) is 14.2. The van der Waals surface area contributed by atoms with Crippen molar-refractivity contribution in [3.05, 3.63) is 0 Å². The SMILES string of the molecule is CC1(C)C2CCC13CS(=O)(=O)N=C3/C2=N\C/N=C1/C2=NS(=O)(=O)CC23CCC1C3(C)C. The third-order valence-corrected chi connectivity index (χ3v) is 12.4. The van der Waals surface area contributed by atoms with Crippen LogP contribution in [0.4, 0.5) is 0 Å². The summed E-state index contributed by atoms with van der Waals surface area (Å²) in [6.07, 6.45) is 3.51. The van der Waals surface area contributed by atoms with Crippen LogP contribution in [0.2, 0.25) is 0 Å². The lowest BCUT2D eigenvalue weighted by Gasteiger charge is -2.33. The molecule has 4 fully saturated rings. The summed E-state index contributed by atoms with van der Waals surface area (Å²) in [7, 11) is -6.91. The Labute approximate surface area is 183 Å². The minimum absolute atomic E-state index is 0.0832. The predicted molar refractivity (Wildman–Crippen MR) is 120 cm³/mol. The Balaban J connectivity index is 1.39. The zero-order chi connectivity index (χ0) is 22.2. The fourth-order valence-electron chi connectivity index (χ4n) is 7.88. The van der Waals surface area contributed by atoms with E-state index in [4.69, 9.17) is 9.98 Å². The van der Waals surface area contributed by atoms with Gasteiger partial charge in [-0.2, -0.15) is 8.80 Å². The summed E-state index contributed by atoms with van der Waals surface area (Å²) >= 11 is 0. The molecule has 10 heteroatoms. The van der Waals surface area contributed by atoms with Crippen LogP contribution in [-0.2, 0) is 20.0 Å². The van der Waals surface area contributed by atoms with Gasteiger partial charge in [-0.3, -0.25) is 9.98 Å².